The van der Waals surface area contributed by atoms with Crippen LogP contribution in [-0.2, 0) is 4.79 Å². The molecule has 1 heterocycles. The van der Waals surface area contributed by atoms with Crippen molar-refractivity contribution in [1.82, 2.24) is 10.6 Å². The highest BCUT2D eigenvalue weighted by Crippen LogP contribution is 2.30. The molecule has 1 aliphatic heterocycles. The van der Waals surface area contributed by atoms with E-state index in [2.05, 4.69) is 21.2 Å². The summed E-state index contributed by atoms with van der Waals surface area (Å²) < 4.78 is 0. The summed E-state index contributed by atoms with van der Waals surface area (Å²) in [7, 11) is 1.53. The Hall–Kier alpha value is -3.96. The van der Waals surface area contributed by atoms with Crippen LogP contribution in [0, 0.1) is 11.3 Å². The molecule has 1 aliphatic rings. The number of nitrogens with zero attached hydrogens (tertiary/aromatic N) is 2. The van der Waals surface area contributed by atoms with Crippen LogP contribution in [0.2, 0.25) is 0 Å². The first-order valence-electron chi connectivity index (χ1n) is 8.78. The molecule has 0 bridgehead atoms. The van der Waals surface area contributed by atoms with Gasteiger partial charge in [-0.3, -0.25) is 15.0 Å². The molecule has 0 spiro atoms. The van der Waals surface area contributed by atoms with Gasteiger partial charge in [0.05, 0.1) is 11.3 Å². The van der Waals surface area contributed by atoms with Crippen molar-refractivity contribution in [2.45, 2.75) is 12.6 Å². The maximum absolute atomic E-state index is 12.6. The molecule has 0 aromatic heterocycles. The molecule has 2 aromatic carbocycles. The lowest BCUT2D eigenvalue weighted by molar-refractivity contribution is -0.119. The largest absolute Gasteiger partial charge is 0.366 e. The molecule has 3 rings (SSSR count). The van der Waals surface area contributed by atoms with Crippen LogP contribution >= 0.6 is 0 Å². The van der Waals surface area contributed by atoms with Crippen LogP contribution in [0.25, 0.3) is 5.57 Å². The van der Waals surface area contributed by atoms with Crippen LogP contribution < -0.4 is 16.1 Å². The SMILES string of the molecule is CNC(=O)c1cccc(N/N=C2/C(=O)NC(C)(O)C(C#N)=C2c2ccccc2)c1. The van der Waals surface area contributed by atoms with Crippen molar-refractivity contribution in [2.75, 3.05) is 12.5 Å². The highest BCUT2D eigenvalue weighted by Gasteiger charge is 2.40. The summed E-state index contributed by atoms with van der Waals surface area (Å²) in [6, 6.07) is 17.3. The van der Waals surface area contributed by atoms with Crippen molar-refractivity contribution in [2.24, 2.45) is 5.10 Å². The highest BCUT2D eigenvalue weighted by atomic mass is 16.3. The lowest BCUT2D eigenvalue weighted by atomic mass is 9.87. The smallest absolute Gasteiger partial charge is 0.274 e. The molecule has 0 saturated heterocycles. The zero-order valence-electron chi connectivity index (χ0n) is 15.9. The van der Waals surface area contributed by atoms with Gasteiger partial charge in [-0.2, -0.15) is 10.4 Å². The van der Waals surface area contributed by atoms with Gasteiger partial charge < -0.3 is 15.7 Å². The number of rotatable bonds is 4. The van der Waals surface area contributed by atoms with Crippen LogP contribution in [0.5, 0.6) is 0 Å². The van der Waals surface area contributed by atoms with E-state index in [9.17, 15) is 20.0 Å². The second kappa shape index (κ2) is 7.96. The second-order valence-corrected chi connectivity index (χ2v) is 6.49. The summed E-state index contributed by atoms with van der Waals surface area (Å²) in [5.74, 6) is -0.896. The summed E-state index contributed by atoms with van der Waals surface area (Å²) in [4.78, 5) is 24.5. The molecule has 0 fully saturated rings. The molecule has 146 valence electrons. The van der Waals surface area contributed by atoms with Gasteiger partial charge in [0.25, 0.3) is 11.8 Å². The monoisotopic (exact) mass is 389 g/mol. The average molecular weight is 389 g/mol. The molecular formula is C21H19N5O3. The Bertz CT molecular complexity index is 1070. The number of benzene rings is 2. The van der Waals surface area contributed by atoms with E-state index in [4.69, 9.17) is 0 Å². The molecule has 0 saturated carbocycles. The minimum Gasteiger partial charge on any atom is -0.366 e. The lowest BCUT2D eigenvalue weighted by Crippen LogP contribution is -2.54. The standard InChI is InChI=1S/C21H19N5O3/c1-21(29)16(12-22)17(13-7-4-3-5-8-13)18(20(28)24-21)26-25-15-10-6-9-14(11-15)19(27)23-2/h3-11,25,29H,1-2H3,(H,23,27)(H,24,28)/b26-18+. The molecule has 1 unspecified atom stereocenters. The van der Waals surface area contributed by atoms with Crippen LogP contribution in [0.3, 0.4) is 0 Å². The van der Waals surface area contributed by atoms with Gasteiger partial charge in [-0.1, -0.05) is 36.4 Å². The third-order valence-corrected chi connectivity index (χ3v) is 4.37. The first-order chi connectivity index (χ1) is 13.9. The van der Waals surface area contributed by atoms with E-state index in [-0.39, 0.29) is 22.8 Å². The van der Waals surface area contributed by atoms with E-state index in [1.165, 1.54) is 14.0 Å². The van der Waals surface area contributed by atoms with Gasteiger partial charge in [0.2, 0.25) is 0 Å². The minimum atomic E-state index is -1.82. The van der Waals surface area contributed by atoms with E-state index >= 15 is 0 Å². The number of hydrogen-bond acceptors (Lipinski definition) is 6. The number of aliphatic hydroxyl groups is 1. The fourth-order valence-electron chi connectivity index (χ4n) is 2.97. The normalized spacial score (nSPS) is 20.1. The number of carbonyl (C=O) groups is 2. The Morgan fingerprint density at radius 1 is 1.21 bits per heavy atom. The minimum absolute atomic E-state index is 0.0250. The zero-order chi connectivity index (χ0) is 21.0. The van der Waals surface area contributed by atoms with Gasteiger partial charge in [-0.25, -0.2) is 0 Å². The number of amides is 2. The predicted octanol–water partition coefficient (Wildman–Crippen LogP) is 1.63. The third-order valence-electron chi connectivity index (χ3n) is 4.37. The van der Waals surface area contributed by atoms with Crippen molar-refractivity contribution in [3.8, 4) is 6.07 Å². The Morgan fingerprint density at radius 3 is 2.59 bits per heavy atom. The van der Waals surface area contributed by atoms with E-state index in [1.807, 2.05) is 6.07 Å². The van der Waals surface area contributed by atoms with Crippen LogP contribution in [-0.4, -0.2) is 35.4 Å². The molecule has 29 heavy (non-hydrogen) atoms. The summed E-state index contributed by atoms with van der Waals surface area (Å²) >= 11 is 0. The summed E-state index contributed by atoms with van der Waals surface area (Å²) in [6.07, 6.45) is 0. The maximum atomic E-state index is 12.6. The molecule has 1 atom stereocenters. The van der Waals surface area contributed by atoms with Gasteiger partial charge >= 0.3 is 0 Å². The zero-order valence-corrected chi connectivity index (χ0v) is 15.9. The third kappa shape index (κ3) is 4.00. The number of anilines is 1. The van der Waals surface area contributed by atoms with Crippen LogP contribution in [0.4, 0.5) is 5.69 Å². The highest BCUT2D eigenvalue weighted by molar-refractivity contribution is 6.57. The van der Waals surface area contributed by atoms with Gasteiger partial charge in [-0.15, -0.1) is 0 Å². The van der Waals surface area contributed by atoms with E-state index in [0.717, 1.165) is 0 Å². The predicted molar refractivity (Wildman–Crippen MR) is 109 cm³/mol. The maximum Gasteiger partial charge on any atom is 0.274 e. The van der Waals surface area contributed by atoms with Gasteiger partial charge in [0, 0.05) is 18.2 Å². The first-order valence-corrected chi connectivity index (χ1v) is 8.78. The van der Waals surface area contributed by atoms with Gasteiger partial charge in [0.1, 0.15) is 6.07 Å². The molecule has 4 N–H and O–H groups in total. The first kappa shape index (κ1) is 19.8. The Balaban J connectivity index is 2.08. The topological polar surface area (TPSA) is 127 Å². The molecule has 8 nitrogen and oxygen atoms in total. The molecule has 8 heteroatoms. The van der Waals surface area contributed by atoms with Crippen molar-refractivity contribution < 1.29 is 14.7 Å². The molecule has 2 aromatic rings. The van der Waals surface area contributed by atoms with Crippen molar-refractivity contribution in [3.63, 3.8) is 0 Å². The molecule has 0 radical (unpaired) electrons. The quantitative estimate of drug-likeness (QED) is 0.591. The number of carbonyl (C=O) groups excluding carboxylic acids is 2. The second-order valence-electron chi connectivity index (χ2n) is 6.49. The molecular weight excluding hydrogens is 370 g/mol. The number of nitriles is 1. The molecule has 0 aliphatic carbocycles. The average Bonchev–Trinajstić information content (AvgIpc) is 2.72. The van der Waals surface area contributed by atoms with Crippen molar-refractivity contribution in [3.05, 3.63) is 71.3 Å². The fourth-order valence-corrected chi connectivity index (χ4v) is 2.97. The molecule has 2 amide bonds. The Morgan fingerprint density at radius 2 is 1.93 bits per heavy atom. The van der Waals surface area contributed by atoms with Crippen LogP contribution in [0.1, 0.15) is 22.8 Å². The fraction of sp³-hybridized carbons (Fsp3) is 0.143. The van der Waals surface area contributed by atoms with E-state index < -0.39 is 11.6 Å². The number of hydrogen-bond donors (Lipinski definition) is 4. The number of hydrazone groups is 1. The van der Waals surface area contributed by atoms with E-state index in [1.54, 1.807) is 54.6 Å². The number of nitrogens with one attached hydrogen (secondary N) is 3. The lowest BCUT2D eigenvalue weighted by Gasteiger charge is -2.31. The van der Waals surface area contributed by atoms with Crippen molar-refractivity contribution in [1.29, 1.82) is 5.26 Å². The van der Waals surface area contributed by atoms with Crippen molar-refractivity contribution >= 4 is 28.8 Å². The van der Waals surface area contributed by atoms with Crippen LogP contribution in [0.15, 0.2) is 65.3 Å². The summed E-state index contributed by atoms with van der Waals surface area (Å²) in [5, 5.41) is 29.3. The summed E-state index contributed by atoms with van der Waals surface area (Å²) in [5.41, 5.74) is 2.56. The summed E-state index contributed by atoms with van der Waals surface area (Å²) in [6.45, 7) is 1.34. The van der Waals surface area contributed by atoms with Gasteiger partial charge in [-0.05, 0) is 30.7 Å². The van der Waals surface area contributed by atoms with Gasteiger partial charge in [0.15, 0.2) is 11.4 Å². The Kier molecular flexibility index (Phi) is 5.43. The Labute approximate surface area is 167 Å². The van der Waals surface area contributed by atoms with E-state index in [0.29, 0.717) is 16.8 Å².